The topological polar surface area (TPSA) is 121 Å². The van der Waals surface area contributed by atoms with Gasteiger partial charge in [0.05, 0.1) is 33.0 Å². The molecular weight excluding hydrogens is 536 g/mol. The summed E-state index contributed by atoms with van der Waals surface area (Å²) in [5.41, 5.74) is 5.64. The van der Waals surface area contributed by atoms with E-state index < -0.39 is 41.0 Å². The summed E-state index contributed by atoms with van der Waals surface area (Å²) in [6, 6.07) is 2.63. The summed E-state index contributed by atoms with van der Waals surface area (Å²) in [6.07, 6.45) is 2.45. The van der Waals surface area contributed by atoms with Crippen molar-refractivity contribution in [1.29, 1.82) is 0 Å². The third-order valence-electron chi connectivity index (χ3n) is 6.94. The summed E-state index contributed by atoms with van der Waals surface area (Å²) in [5.74, 6) is -3.25. The van der Waals surface area contributed by atoms with Crippen molar-refractivity contribution in [1.82, 2.24) is 4.57 Å². The SMILES string of the molecule is CCc1cc(F)c(N)cc1-n1cc(C(=O)OCc2oc(=O)oc2C)c(=O)c2c(C)c(F)c(N3CCC3)c(Cl)c21. The molecule has 0 radical (unpaired) electrons. The van der Waals surface area contributed by atoms with Crippen molar-refractivity contribution in [2.24, 2.45) is 0 Å². The Kier molecular flexibility index (Phi) is 6.71. The van der Waals surface area contributed by atoms with Crippen LogP contribution in [0.1, 0.15) is 46.3 Å². The number of nitrogen functional groups attached to an aromatic ring is 1. The molecule has 0 atom stereocenters. The molecule has 0 amide bonds. The van der Waals surface area contributed by atoms with Crippen LogP contribution < -0.4 is 21.9 Å². The number of pyridine rings is 1. The van der Waals surface area contributed by atoms with Gasteiger partial charge < -0.3 is 28.8 Å². The number of nitrogens with zero attached hydrogens (tertiary/aromatic N) is 2. The zero-order valence-electron chi connectivity index (χ0n) is 21.3. The van der Waals surface area contributed by atoms with Crippen LogP contribution in [-0.4, -0.2) is 23.6 Å². The third kappa shape index (κ3) is 4.36. The zero-order chi connectivity index (χ0) is 28.2. The van der Waals surface area contributed by atoms with E-state index in [4.69, 9.17) is 30.9 Å². The average molecular weight is 560 g/mol. The molecule has 204 valence electrons. The number of aromatic nitrogens is 1. The molecule has 12 heteroatoms. The normalized spacial score (nSPS) is 13.1. The van der Waals surface area contributed by atoms with E-state index in [0.29, 0.717) is 30.8 Å². The number of carbonyl (C=O) groups excluding carboxylic acids is 1. The minimum atomic E-state index is -1.06. The number of ether oxygens (including phenoxy) is 1. The van der Waals surface area contributed by atoms with E-state index >= 15 is 4.39 Å². The molecule has 2 N–H and O–H groups in total. The van der Waals surface area contributed by atoms with Crippen LogP contribution in [0.15, 0.2) is 36.8 Å². The standard InChI is InChI=1S/C27H24ClF2N3O6/c1-4-14-8-16(29)17(31)9-18(14)33-10-15(26(35)37-11-19-13(3)38-27(36)39-19)25(34)20-12(2)22(30)24(21(28)23(20)33)32-6-5-7-32/h8-10H,4-7,11,31H2,1-3H3. The van der Waals surface area contributed by atoms with Crippen molar-refractivity contribution in [2.45, 2.75) is 40.2 Å². The van der Waals surface area contributed by atoms with E-state index in [1.807, 2.05) is 0 Å². The molecule has 0 aliphatic carbocycles. The lowest BCUT2D eigenvalue weighted by atomic mass is 10.0. The maximum absolute atomic E-state index is 15.7. The quantitative estimate of drug-likeness (QED) is 0.264. The maximum Gasteiger partial charge on any atom is 0.519 e. The van der Waals surface area contributed by atoms with Crippen LogP contribution in [0.25, 0.3) is 16.6 Å². The predicted octanol–water partition coefficient (Wildman–Crippen LogP) is 4.80. The van der Waals surface area contributed by atoms with Crippen molar-refractivity contribution in [3.8, 4) is 5.69 Å². The number of halogens is 3. The summed E-state index contributed by atoms with van der Waals surface area (Å²) in [4.78, 5) is 39.9. The number of benzene rings is 2. The fourth-order valence-corrected chi connectivity index (χ4v) is 5.06. The van der Waals surface area contributed by atoms with E-state index in [1.165, 1.54) is 36.7 Å². The van der Waals surface area contributed by atoms with Gasteiger partial charge in [-0.2, -0.15) is 0 Å². The Balaban J connectivity index is 1.79. The van der Waals surface area contributed by atoms with Crippen molar-refractivity contribution >= 4 is 39.8 Å². The predicted molar refractivity (Wildman–Crippen MR) is 141 cm³/mol. The Morgan fingerprint density at radius 1 is 1.18 bits per heavy atom. The summed E-state index contributed by atoms with van der Waals surface area (Å²) in [6.45, 7) is 5.37. The number of fused-ring (bicyclic) bond motifs is 1. The molecule has 39 heavy (non-hydrogen) atoms. The number of anilines is 2. The van der Waals surface area contributed by atoms with Crippen LogP contribution in [0.4, 0.5) is 20.2 Å². The lowest BCUT2D eigenvalue weighted by Crippen LogP contribution is -2.38. The molecule has 9 nitrogen and oxygen atoms in total. The molecule has 1 fully saturated rings. The lowest BCUT2D eigenvalue weighted by molar-refractivity contribution is 0.0441. The molecule has 2 aromatic heterocycles. The zero-order valence-corrected chi connectivity index (χ0v) is 22.1. The van der Waals surface area contributed by atoms with Crippen LogP contribution >= 0.6 is 11.6 Å². The van der Waals surface area contributed by atoms with Crippen LogP contribution in [-0.2, 0) is 17.8 Å². The van der Waals surface area contributed by atoms with Gasteiger partial charge in [-0.1, -0.05) is 18.5 Å². The van der Waals surface area contributed by atoms with Gasteiger partial charge in [0.15, 0.2) is 23.9 Å². The highest BCUT2D eigenvalue weighted by Gasteiger charge is 2.30. The molecule has 1 saturated heterocycles. The van der Waals surface area contributed by atoms with E-state index in [1.54, 1.807) is 11.8 Å². The Morgan fingerprint density at radius 2 is 1.90 bits per heavy atom. The van der Waals surface area contributed by atoms with Gasteiger partial charge in [0.25, 0.3) is 0 Å². The minimum absolute atomic E-state index is 0.00509. The van der Waals surface area contributed by atoms with Crippen molar-refractivity contribution in [3.05, 3.63) is 84.0 Å². The summed E-state index contributed by atoms with van der Waals surface area (Å²) in [7, 11) is 0. The van der Waals surface area contributed by atoms with E-state index in [9.17, 15) is 18.8 Å². The highest BCUT2D eigenvalue weighted by molar-refractivity contribution is 6.38. The fraction of sp³-hybridized carbons (Fsp3) is 0.296. The van der Waals surface area contributed by atoms with Gasteiger partial charge in [-0.05, 0) is 44.4 Å². The maximum atomic E-state index is 15.7. The van der Waals surface area contributed by atoms with Crippen LogP contribution in [0.2, 0.25) is 5.02 Å². The van der Waals surface area contributed by atoms with Crippen molar-refractivity contribution < 1.29 is 27.1 Å². The molecule has 1 aliphatic heterocycles. The first-order chi connectivity index (χ1) is 18.5. The number of rotatable bonds is 6. The van der Waals surface area contributed by atoms with E-state index in [-0.39, 0.29) is 44.4 Å². The fourth-order valence-electron chi connectivity index (χ4n) is 4.67. The van der Waals surface area contributed by atoms with Gasteiger partial charge >= 0.3 is 11.8 Å². The number of carbonyl (C=O) groups is 1. The molecular formula is C27H24ClF2N3O6. The number of aryl methyl sites for hydroxylation is 3. The number of hydrogen-bond acceptors (Lipinski definition) is 8. The van der Waals surface area contributed by atoms with Gasteiger partial charge in [-0.25, -0.2) is 18.4 Å². The second kappa shape index (κ2) is 9.88. The van der Waals surface area contributed by atoms with Crippen molar-refractivity contribution in [2.75, 3.05) is 23.7 Å². The summed E-state index contributed by atoms with van der Waals surface area (Å²) >= 11 is 6.80. The number of esters is 1. The molecule has 0 spiro atoms. The van der Waals surface area contributed by atoms with Gasteiger partial charge in [0.2, 0.25) is 5.43 Å². The molecule has 1 aliphatic rings. The van der Waals surface area contributed by atoms with Crippen LogP contribution in [0.5, 0.6) is 0 Å². The molecule has 2 aromatic carbocycles. The largest absolute Gasteiger partial charge is 0.519 e. The van der Waals surface area contributed by atoms with Crippen LogP contribution in [0.3, 0.4) is 0 Å². The Labute approximate surface area is 225 Å². The first kappa shape index (κ1) is 26.5. The average Bonchev–Trinajstić information content (AvgIpc) is 3.20. The summed E-state index contributed by atoms with van der Waals surface area (Å²) < 4.78 is 46.4. The highest BCUT2D eigenvalue weighted by atomic mass is 35.5. The highest BCUT2D eigenvalue weighted by Crippen LogP contribution is 2.41. The molecule has 3 heterocycles. The molecule has 5 rings (SSSR count). The van der Waals surface area contributed by atoms with Crippen LogP contribution in [0, 0.1) is 25.5 Å². The second-order valence-corrected chi connectivity index (χ2v) is 9.65. The first-order valence-electron chi connectivity index (χ1n) is 12.2. The van der Waals surface area contributed by atoms with Gasteiger partial charge in [0, 0.05) is 24.8 Å². The molecule has 4 aromatic rings. The Hall–Kier alpha value is -4.12. The monoisotopic (exact) mass is 559 g/mol. The molecule has 0 bridgehead atoms. The molecule has 0 saturated carbocycles. The second-order valence-electron chi connectivity index (χ2n) is 9.27. The Morgan fingerprint density at radius 3 is 2.49 bits per heavy atom. The first-order valence-corrected chi connectivity index (χ1v) is 12.6. The minimum Gasteiger partial charge on any atom is -0.454 e. The number of hydrogen-bond donors (Lipinski definition) is 1. The smallest absolute Gasteiger partial charge is 0.454 e. The third-order valence-corrected chi connectivity index (χ3v) is 7.29. The van der Waals surface area contributed by atoms with Gasteiger partial charge in [0.1, 0.15) is 11.4 Å². The van der Waals surface area contributed by atoms with Crippen molar-refractivity contribution in [3.63, 3.8) is 0 Å². The van der Waals surface area contributed by atoms with Gasteiger partial charge in [-0.3, -0.25) is 4.79 Å². The van der Waals surface area contributed by atoms with E-state index in [2.05, 4.69) is 0 Å². The van der Waals surface area contributed by atoms with Gasteiger partial charge in [-0.15, -0.1) is 0 Å². The van der Waals surface area contributed by atoms with E-state index in [0.717, 1.165) is 6.42 Å². The lowest BCUT2D eigenvalue weighted by Gasteiger charge is -2.35. The Bertz CT molecular complexity index is 1770. The molecule has 0 unspecified atom stereocenters. The number of nitrogens with two attached hydrogens (primary N) is 1. The summed E-state index contributed by atoms with van der Waals surface area (Å²) in [5, 5.41) is -0.155.